The molecule has 0 aliphatic rings. The zero-order valence-electron chi connectivity index (χ0n) is 9.77. The molecule has 0 N–H and O–H groups in total. The Hall–Kier alpha value is -1.96. The van der Waals surface area contributed by atoms with Crippen molar-refractivity contribution in [2.24, 2.45) is 4.99 Å². The van der Waals surface area contributed by atoms with E-state index in [1.165, 1.54) is 6.20 Å². The van der Waals surface area contributed by atoms with Crippen molar-refractivity contribution in [1.82, 2.24) is 4.98 Å². The van der Waals surface area contributed by atoms with Gasteiger partial charge >= 0.3 is 0 Å². The van der Waals surface area contributed by atoms with Crippen LogP contribution in [0.5, 0.6) is 0 Å². The van der Waals surface area contributed by atoms with E-state index in [1.807, 2.05) is 32.1 Å². The molecular formula is C14H16N2. The van der Waals surface area contributed by atoms with E-state index in [2.05, 4.69) is 23.1 Å². The summed E-state index contributed by atoms with van der Waals surface area (Å²) in [6.07, 6.45) is 7.02. The molecule has 0 aliphatic heterocycles. The highest BCUT2D eigenvalue weighted by atomic mass is 14.8. The average Bonchev–Trinajstić information content (AvgIpc) is 2.30. The van der Waals surface area contributed by atoms with Crippen LogP contribution in [0.1, 0.15) is 18.2 Å². The minimum absolute atomic E-state index is 0.811. The minimum Gasteiger partial charge on any atom is -0.255 e. The molecule has 0 aliphatic carbocycles. The first-order valence-electron chi connectivity index (χ1n) is 5.14. The van der Waals surface area contributed by atoms with Gasteiger partial charge in [-0.25, -0.2) is 0 Å². The Balaban J connectivity index is 3.35. The third-order valence-corrected chi connectivity index (χ3v) is 2.26. The molecule has 0 unspecified atom stereocenters. The van der Waals surface area contributed by atoms with Crippen molar-refractivity contribution in [1.29, 1.82) is 0 Å². The molecule has 2 heteroatoms. The lowest BCUT2D eigenvalue weighted by Gasteiger charge is -2.08. The SMILES string of the molecule is C=C/N=C(\C(C=C)=C/C)c1ncccc1C. The van der Waals surface area contributed by atoms with Gasteiger partial charge in [0.1, 0.15) is 0 Å². The van der Waals surface area contributed by atoms with Crippen molar-refractivity contribution in [2.75, 3.05) is 0 Å². The van der Waals surface area contributed by atoms with Gasteiger partial charge in [-0.2, -0.15) is 0 Å². The Kier molecular flexibility index (Phi) is 4.40. The lowest BCUT2D eigenvalue weighted by atomic mass is 10.0. The highest BCUT2D eigenvalue weighted by Gasteiger charge is 2.09. The van der Waals surface area contributed by atoms with Crippen molar-refractivity contribution in [2.45, 2.75) is 13.8 Å². The van der Waals surface area contributed by atoms with Gasteiger partial charge in [0.15, 0.2) is 0 Å². The maximum atomic E-state index is 4.35. The summed E-state index contributed by atoms with van der Waals surface area (Å²) in [5, 5.41) is 0. The summed E-state index contributed by atoms with van der Waals surface area (Å²) in [6, 6.07) is 3.92. The molecule has 1 rings (SSSR count). The molecular weight excluding hydrogens is 196 g/mol. The molecule has 0 saturated heterocycles. The first-order valence-corrected chi connectivity index (χ1v) is 5.14. The number of rotatable bonds is 4. The predicted octanol–water partition coefficient (Wildman–Crippen LogP) is 3.45. The van der Waals surface area contributed by atoms with Crippen LogP contribution in [-0.4, -0.2) is 10.7 Å². The molecule has 1 heterocycles. The smallest absolute Gasteiger partial charge is 0.0957 e. The molecule has 82 valence electrons. The molecule has 1 aromatic heterocycles. The maximum absolute atomic E-state index is 4.35. The van der Waals surface area contributed by atoms with Crippen LogP contribution in [-0.2, 0) is 0 Å². The first kappa shape index (κ1) is 12.1. The summed E-state index contributed by atoms with van der Waals surface area (Å²) in [5.74, 6) is 0. The Labute approximate surface area is 96.8 Å². The van der Waals surface area contributed by atoms with Gasteiger partial charge in [-0.15, -0.1) is 0 Å². The van der Waals surface area contributed by atoms with Crippen molar-refractivity contribution in [3.63, 3.8) is 0 Å². The summed E-state index contributed by atoms with van der Waals surface area (Å²) in [7, 11) is 0. The fraction of sp³-hybridized carbons (Fsp3) is 0.143. The molecule has 0 aromatic carbocycles. The standard InChI is InChI=1S/C14H16N2/c1-5-12(6-2)14(15-7-3)13-11(4)9-8-10-16-13/h5-10H,1,3H2,2,4H3/b12-6-,15-14+. The van der Waals surface area contributed by atoms with Crippen molar-refractivity contribution < 1.29 is 0 Å². The van der Waals surface area contributed by atoms with E-state index in [4.69, 9.17) is 0 Å². The van der Waals surface area contributed by atoms with Gasteiger partial charge < -0.3 is 0 Å². The monoisotopic (exact) mass is 212 g/mol. The van der Waals surface area contributed by atoms with Crippen LogP contribution in [0.2, 0.25) is 0 Å². The fourth-order valence-electron chi connectivity index (χ4n) is 1.45. The van der Waals surface area contributed by atoms with Gasteiger partial charge in [0.05, 0.1) is 11.4 Å². The number of allylic oxidation sites excluding steroid dienone is 3. The molecule has 0 spiro atoms. The van der Waals surface area contributed by atoms with Gasteiger partial charge in [-0.3, -0.25) is 9.98 Å². The summed E-state index contributed by atoms with van der Waals surface area (Å²) < 4.78 is 0. The molecule has 16 heavy (non-hydrogen) atoms. The lowest BCUT2D eigenvalue weighted by Crippen LogP contribution is -2.07. The van der Waals surface area contributed by atoms with Gasteiger partial charge in [0.2, 0.25) is 0 Å². The second-order valence-corrected chi connectivity index (χ2v) is 3.28. The number of pyridine rings is 1. The van der Waals surface area contributed by atoms with E-state index in [-0.39, 0.29) is 0 Å². The zero-order valence-corrected chi connectivity index (χ0v) is 9.77. The fourth-order valence-corrected chi connectivity index (χ4v) is 1.45. The number of hydrogen-bond donors (Lipinski definition) is 0. The van der Waals surface area contributed by atoms with Crippen LogP contribution in [0, 0.1) is 6.92 Å². The topological polar surface area (TPSA) is 25.2 Å². The summed E-state index contributed by atoms with van der Waals surface area (Å²) in [5.41, 5.74) is 3.73. The lowest BCUT2D eigenvalue weighted by molar-refractivity contribution is 1.23. The third kappa shape index (κ3) is 2.54. The van der Waals surface area contributed by atoms with E-state index in [0.29, 0.717) is 0 Å². The van der Waals surface area contributed by atoms with E-state index in [0.717, 1.165) is 22.5 Å². The quantitative estimate of drug-likeness (QED) is 0.554. The number of aryl methyl sites for hydroxylation is 1. The zero-order chi connectivity index (χ0) is 12.0. The van der Waals surface area contributed by atoms with Crippen LogP contribution in [0.4, 0.5) is 0 Å². The minimum atomic E-state index is 0.811. The summed E-state index contributed by atoms with van der Waals surface area (Å²) in [4.78, 5) is 8.62. The number of nitrogens with zero attached hydrogens (tertiary/aromatic N) is 2. The Morgan fingerprint density at radius 3 is 2.69 bits per heavy atom. The molecule has 1 aromatic rings. The molecule has 0 bridgehead atoms. The predicted molar refractivity (Wildman–Crippen MR) is 69.7 cm³/mol. The van der Waals surface area contributed by atoms with Crippen LogP contribution < -0.4 is 0 Å². The molecule has 0 amide bonds. The molecule has 0 atom stereocenters. The highest BCUT2D eigenvalue weighted by molar-refractivity contribution is 6.14. The summed E-state index contributed by atoms with van der Waals surface area (Å²) in [6.45, 7) is 11.4. The molecule has 0 fully saturated rings. The van der Waals surface area contributed by atoms with Gasteiger partial charge in [0.25, 0.3) is 0 Å². The van der Waals surface area contributed by atoms with E-state index in [9.17, 15) is 0 Å². The number of aromatic nitrogens is 1. The van der Waals surface area contributed by atoms with Gasteiger partial charge in [-0.05, 0) is 31.1 Å². The van der Waals surface area contributed by atoms with E-state index >= 15 is 0 Å². The Morgan fingerprint density at radius 2 is 2.19 bits per heavy atom. The van der Waals surface area contributed by atoms with E-state index in [1.54, 1.807) is 12.3 Å². The first-order chi connectivity index (χ1) is 7.74. The van der Waals surface area contributed by atoms with Crippen LogP contribution in [0.25, 0.3) is 0 Å². The number of hydrogen-bond acceptors (Lipinski definition) is 2. The van der Waals surface area contributed by atoms with Crippen molar-refractivity contribution in [3.8, 4) is 0 Å². The molecule has 0 saturated carbocycles. The highest BCUT2D eigenvalue weighted by Crippen LogP contribution is 2.12. The average molecular weight is 212 g/mol. The maximum Gasteiger partial charge on any atom is 0.0957 e. The molecule has 0 radical (unpaired) electrons. The van der Waals surface area contributed by atoms with Gasteiger partial charge in [-0.1, -0.05) is 31.4 Å². The number of aliphatic imine (C=N–C) groups is 1. The van der Waals surface area contributed by atoms with Gasteiger partial charge in [0, 0.05) is 12.4 Å². The second kappa shape index (κ2) is 5.81. The summed E-state index contributed by atoms with van der Waals surface area (Å²) >= 11 is 0. The van der Waals surface area contributed by atoms with Crippen LogP contribution in [0.15, 0.2) is 60.4 Å². The Morgan fingerprint density at radius 1 is 1.44 bits per heavy atom. The molecule has 2 nitrogen and oxygen atoms in total. The van der Waals surface area contributed by atoms with Crippen molar-refractivity contribution in [3.05, 3.63) is 66.7 Å². The van der Waals surface area contributed by atoms with Crippen LogP contribution >= 0.6 is 0 Å². The second-order valence-electron chi connectivity index (χ2n) is 3.28. The normalized spacial score (nSPS) is 12.4. The Bertz CT molecular complexity index is 454. The third-order valence-electron chi connectivity index (χ3n) is 2.26. The van der Waals surface area contributed by atoms with E-state index < -0.39 is 0 Å². The van der Waals surface area contributed by atoms with Crippen LogP contribution in [0.3, 0.4) is 0 Å². The largest absolute Gasteiger partial charge is 0.255 e. The van der Waals surface area contributed by atoms with Crippen molar-refractivity contribution >= 4 is 5.71 Å².